The van der Waals surface area contributed by atoms with Crippen LogP contribution < -0.4 is 4.74 Å². The Morgan fingerprint density at radius 3 is 2.65 bits per heavy atom. The van der Waals surface area contributed by atoms with Crippen molar-refractivity contribution in [3.05, 3.63) is 83.7 Å². The van der Waals surface area contributed by atoms with E-state index in [1.54, 1.807) is 37.5 Å². The maximum atomic E-state index is 13.6. The van der Waals surface area contributed by atoms with Crippen LogP contribution in [0.4, 0.5) is 4.39 Å². The monoisotopic (exact) mass is 460 g/mol. The fraction of sp³-hybridized carbons (Fsp3) is 0.296. The molecule has 1 amide bonds. The standard InChI is InChI=1S/C27H29FN4O2/c1-19-17-31(18-30-19)23-13-7-20(16-24(23)34-4)8-14-25(29-3)32-26(33)6-5-15-27(32,2)21-9-11-22(28)12-10-21/h7-14,16-18H,5-6,15H2,1-4H3/b14-8+,29-25+. The van der Waals surface area contributed by atoms with Crippen molar-refractivity contribution in [2.45, 2.75) is 38.6 Å². The Hall–Kier alpha value is -3.74. The molecule has 0 saturated carbocycles. The second-order valence-corrected chi connectivity index (χ2v) is 8.63. The zero-order chi connectivity index (χ0) is 24.3. The number of aromatic nitrogens is 2. The van der Waals surface area contributed by atoms with Crippen molar-refractivity contribution in [1.29, 1.82) is 0 Å². The minimum atomic E-state index is -0.608. The SMILES string of the molecule is C/N=C(\C=C\c1ccc(-n2cnc(C)c2)c(OC)c1)N1C(=O)CCCC1(C)c1ccc(F)cc1. The maximum absolute atomic E-state index is 13.6. The molecule has 1 fully saturated rings. The Kier molecular flexibility index (Phi) is 6.63. The Morgan fingerprint density at radius 1 is 1.24 bits per heavy atom. The summed E-state index contributed by atoms with van der Waals surface area (Å²) in [5.74, 6) is 0.977. The van der Waals surface area contributed by atoms with Crippen molar-refractivity contribution < 1.29 is 13.9 Å². The van der Waals surface area contributed by atoms with Gasteiger partial charge in [0.2, 0.25) is 5.91 Å². The van der Waals surface area contributed by atoms with Gasteiger partial charge in [0.1, 0.15) is 17.4 Å². The Morgan fingerprint density at radius 2 is 2.00 bits per heavy atom. The van der Waals surface area contributed by atoms with Gasteiger partial charge in [-0.3, -0.25) is 14.7 Å². The molecule has 2 heterocycles. The number of aryl methyl sites for hydroxylation is 1. The summed E-state index contributed by atoms with van der Waals surface area (Å²) in [7, 11) is 3.31. The number of halogens is 1. The summed E-state index contributed by atoms with van der Waals surface area (Å²) in [5.41, 5.74) is 3.00. The number of nitrogens with zero attached hydrogens (tertiary/aromatic N) is 4. The lowest BCUT2D eigenvalue weighted by atomic mass is 9.81. The average Bonchev–Trinajstić information content (AvgIpc) is 3.27. The molecule has 176 valence electrons. The first-order valence-electron chi connectivity index (χ1n) is 11.3. The second-order valence-electron chi connectivity index (χ2n) is 8.63. The molecule has 0 bridgehead atoms. The van der Waals surface area contributed by atoms with Gasteiger partial charge in [-0.1, -0.05) is 24.3 Å². The Labute approximate surface area is 199 Å². The third-order valence-electron chi connectivity index (χ3n) is 6.34. The van der Waals surface area contributed by atoms with Crippen molar-refractivity contribution in [2.24, 2.45) is 4.99 Å². The Balaban J connectivity index is 1.65. The van der Waals surface area contributed by atoms with Gasteiger partial charge in [-0.15, -0.1) is 0 Å². The van der Waals surface area contributed by atoms with E-state index in [0.29, 0.717) is 18.0 Å². The normalized spacial score (nSPS) is 19.1. The first kappa shape index (κ1) is 23.4. The fourth-order valence-electron chi connectivity index (χ4n) is 4.53. The Bertz CT molecular complexity index is 1250. The number of carbonyl (C=O) groups excluding carboxylic acids is 1. The maximum Gasteiger partial charge on any atom is 0.228 e. The first-order valence-corrected chi connectivity index (χ1v) is 11.3. The van der Waals surface area contributed by atoms with Gasteiger partial charge in [0.25, 0.3) is 0 Å². The van der Waals surface area contributed by atoms with Gasteiger partial charge in [0.05, 0.1) is 30.4 Å². The van der Waals surface area contributed by atoms with Gasteiger partial charge in [-0.05, 0) is 68.2 Å². The van der Waals surface area contributed by atoms with E-state index < -0.39 is 5.54 Å². The summed E-state index contributed by atoms with van der Waals surface area (Å²) >= 11 is 0. The molecule has 7 heteroatoms. The van der Waals surface area contributed by atoms with Crippen LogP contribution in [0.5, 0.6) is 5.75 Å². The molecular weight excluding hydrogens is 431 g/mol. The molecule has 2 aromatic carbocycles. The highest BCUT2D eigenvalue weighted by Gasteiger charge is 2.41. The highest BCUT2D eigenvalue weighted by atomic mass is 19.1. The number of methoxy groups -OCH3 is 1. The number of rotatable bonds is 5. The largest absolute Gasteiger partial charge is 0.495 e. The van der Waals surface area contributed by atoms with Gasteiger partial charge in [0, 0.05) is 19.7 Å². The van der Waals surface area contributed by atoms with Crippen LogP contribution in [0.1, 0.15) is 43.0 Å². The summed E-state index contributed by atoms with van der Waals surface area (Å²) < 4.78 is 21.1. The number of likely N-dealkylation sites (tertiary alicyclic amines) is 1. The predicted molar refractivity (Wildman–Crippen MR) is 132 cm³/mol. The third-order valence-corrected chi connectivity index (χ3v) is 6.34. The summed E-state index contributed by atoms with van der Waals surface area (Å²) in [6, 6.07) is 12.3. The van der Waals surface area contributed by atoms with E-state index in [1.807, 2.05) is 55.0 Å². The van der Waals surface area contributed by atoms with Crippen LogP contribution in [0, 0.1) is 12.7 Å². The number of amidine groups is 1. The van der Waals surface area contributed by atoms with E-state index in [9.17, 15) is 9.18 Å². The molecule has 0 aliphatic carbocycles. The van der Waals surface area contributed by atoms with Gasteiger partial charge in [0.15, 0.2) is 0 Å². The average molecular weight is 461 g/mol. The molecule has 1 aliphatic rings. The molecule has 1 unspecified atom stereocenters. The number of carbonyl (C=O) groups is 1. The number of benzene rings is 2. The number of ether oxygens (including phenoxy) is 1. The van der Waals surface area contributed by atoms with Crippen LogP contribution in [-0.2, 0) is 10.3 Å². The lowest BCUT2D eigenvalue weighted by molar-refractivity contribution is -0.135. The van der Waals surface area contributed by atoms with E-state index in [1.165, 1.54) is 12.1 Å². The molecule has 3 aromatic rings. The van der Waals surface area contributed by atoms with E-state index >= 15 is 0 Å². The van der Waals surface area contributed by atoms with Gasteiger partial charge in [-0.2, -0.15) is 0 Å². The topological polar surface area (TPSA) is 59.7 Å². The zero-order valence-corrected chi connectivity index (χ0v) is 20.0. The highest BCUT2D eigenvalue weighted by Crippen LogP contribution is 2.38. The van der Waals surface area contributed by atoms with Crippen LogP contribution in [0.3, 0.4) is 0 Å². The number of imidazole rings is 1. The van der Waals surface area contributed by atoms with Gasteiger partial charge < -0.3 is 9.30 Å². The minimum Gasteiger partial charge on any atom is -0.495 e. The van der Waals surface area contributed by atoms with Crippen LogP contribution >= 0.6 is 0 Å². The molecule has 1 atom stereocenters. The van der Waals surface area contributed by atoms with Crippen LogP contribution in [0.25, 0.3) is 11.8 Å². The second kappa shape index (κ2) is 9.63. The predicted octanol–water partition coefficient (Wildman–Crippen LogP) is 5.30. The number of amides is 1. The molecular formula is C27H29FN4O2. The van der Waals surface area contributed by atoms with Crippen LogP contribution in [0.15, 0.2) is 66.1 Å². The summed E-state index contributed by atoms with van der Waals surface area (Å²) in [6.07, 6.45) is 9.45. The number of hydrogen-bond acceptors (Lipinski definition) is 4. The van der Waals surface area contributed by atoms with Gasteiger partial charge in [-0.25, -0.2) is 9.37 Å². The number of aliphatic imine (C=N–C) groups is 1. The van der Waals surface area contributed by atoms with Crippen molar-refractivity contribution in [3.63, 3.8) is 0 Å². The minimum absolute atomic E-state index is 0.00623. The van der Waals surface area contributed by atoms with E-state index in [2.05, 4.69) is 9.98 Å². The summed E-state index contributed by atoms with van der Waals surface area (Å²) in [4.78, 5) is 23.6. The molecule has 34 heavy (non-hydrogen) atoms. The first-order chi connectivity index (χ1) is 16.4. The quantitative estimate of drug-likeness (QED) is 0.384. The van der Waals surface area contributed by atoms with Crippen molar-refractivity contribution in [3.8, 4) is 11.4 Å². The lowest BCUT2D eigenvalue weighted by Gasteiger charge is -2.45. The summed E-state index contributed by atoms with van der Waals surface area (Å²) in [5, 5.41) is 0. The number of piperidine rings is 1. The molecule has 1 saturated heterocycles. The smallest absolute Gasteiger partial charge is 0.228 e. The summed E-state index contributed by atoms with van der Waals surface area (Å²) in [6.45, 7) is 3.95. The third kappa shape index (κ3) is 4.51. The van der Waals surface area contributed by atoms with Crippen molar-refractivity contribution in [2.75, 3.05) is 14.2 Å². The molecule has 0 spiro atoms. The number of hydrogen-bond donors (Lipinski definition) is 0. The van der Waals surface area contributed by atoms with Crippen LogP contribution in [0.2, 0.25) is 0 Å². The van der Waals surface area contributed by atoms with Gasteiger partial charge >= 0.3 is 0 Å². The zero-order valence-electron chi connectivity index (χ0n) is 20.0. The molecule has 0 radical (unpaired) electrons. The molecule has 4 rings (SSSR count). The van der Waals surface area contributed by atoms with Crippen molar-refractivity contribution in [1.82, 2.24) is 14.5 Å². The molecule has 1 aromatic heterocycles. The molecule has 6 nitrogen and oxygen atoms in total. The lowest BCUT2D eigenvalue weighted by Crippen LogP contribution is -2.53. The van der Waals surface area contributed by atoms with E-state index in [4.69, 9.17) is 4.74 Å². The van der Waals surface area contributed by atoms with E-state index in [-0.39, 0.29) is 11.7 Å². The van der Waals surface area contributed by atoms with Crippen molar-refractivity contribution >= 4 is 17.8 Å². The highest BCUT2D eigenvalue weighted by molar-refractivity contribution is 6.07. The molecule has 0 N–H and O–H groups in total. The molecule has 1 aliphatic heterocycles. The van der Waals surface area contributed by atoms with Crippen LogP contribution in [-0.4, -0.2) is 40.4 Å². The van der Waals surface area contributed by atoms with E-state index in [0.717, 1.165) is 35.3 Å². The fourth-order valence-corrected chi connectivity index (χ4v) is 4.53.